The van der Waals surface area contributed by atoms with Crippen LogP contribution in [0.1, 0.15) is 22.8 Å². The number of esters is 1. The molecule has 0 saturated carbocycles. The molecule has 0 aliphatic rings. The van der Waals surface area contributed by atoms with Gasteiger partial charge >= 0.3 is 5.97 Å². The van der Waals surface area contributed by atoms with Gasteiger partial charge in [-0.05, 0) is 30.2 Å². The van der Waals surface area contributed by atoms with Crippen LogP contribution in [0.2, 0.25) is 0 Å². The Labute approximate surface area is 145 Å². The van der Waals surface area contributed by atoms with Crippen LogP contribution in [0.25, 0.3) is 21.8 Å². The Morgan fingerprint density at radius 1 is 0.840 bits per heavy atom. The summed E-state index contributed by atoms with van der Waals surface area (Å²) in [6.45, 7) is 2.05. The van der Waals surface area contributed by atoms with Crippen molar-refractivity contribution in [3.63, 3.8) is 0 Å². The van der Waals surface area contributed by atoms with E-state index in [0.29, 0.717) is 11.3 Å². The number of fused-ring (bicyclic) bond motifs is 2. The first kappa shape index (κ1) is 15.3. The Balaban J connectivity index is 1.90. The fourth-order valence-electron chi connectivity index (χ4n) is 3.11. The van der Waals surface area contributed by atoms with Crippen LogP contribution >= 0.6 is 0 Å². The van der Waals surface area contributed by atoms with Gasteiger partial charge in [-0.3, -0.25) is 0 Å². The van der Waals surface area contributed by atoms with E-state index in [2.05, 4.69) is 4.98 Å². The number of hydrogen-bond acceptors (Lipinski definition) is 3. The minimum Gasteiger partial charge on any atom is -0.423 e. The van der Waals surface area contributed by atoms with Crippen LogP contribution in [-0.4, -0.2) is 11.0 Å². The highest BCUT2D eigenvalue weighted by molar-refractivity contribution is 6.14. The van der Waals surface area contributed by atoms with E-state index in [1.807, 2.05) is 79.7 Å². The molecule has 0 aliphatic carbocycles. The van der Waals surface area contributed by atoms with E-state index in [0.717, 1.165) is 33.8 Å². The van der Waals surface area contributed by atoms with Crippen LogP contribution < -0.4 is 4.74 Å². The largest absolute Gasteiger partial charge is 0.423 e. The van der Waals surface area contributed by atoms with Gasteiger partial charge in [-0.15, -0.1) is 0 Å². The second-order valence-electron chi connectivity index (χ2n) is 5.87. The second-order valence-corrected chi connectivity index (χ2v) is 5.87. The highest BCUT2D eigenvalue weighted by Gasteiger charge is 2.18. The molecule has 0 N–H and O–H groups in total. The summed E-state index contributed by atoms with van der Waals surface area (Å²) >= 11 is 0. The Kier molecular flexibility index (Phi) is 3.90. The first-order valence-corrected chi connectivity index (χ1v) is 8.35. The molecule has 0 amide bonds. The lowest BCUT2D eigenvalue weighted by Crippen LogP contribution is -2.11. The zero-order valence-corrected chi connectivity index (χ0v) is 13.9. The summed E-state index contributed by atoms with van der Waals surface area (Å²) in [6.07, 6.45) is 0.807. The molecule has 0 bridgehead atoms. The molecular weight excluding hydrogens is 310 g/mol. The summed E-state index contributed by atoms with van der Waals surface area (Å²) in [6, 6.07) is 23.0. The number of ether oxygens (including phenoxy) is 1. The van der Waals surface area contributed by atoms with Gasteiger partial charge < -0.3 is 4.74 Å². The van der Waals surface area contributed by atoms with E-state index in [1.54, 1.807) is 0 Å². The lowest BCUT2D eigenvalue weighted by Gasteiger charge is -2.12. The molecule has 0 saturated heterocycles. The molecule has 4 rings (SSSR count). The van der Waals surface area contributed by atoms with Crippen LogP contribution in [0, 0.1) is 0 Å². The van der Waals surface area contributed by atoms with Crippen LogP contribution in [0.4, 0.5) is 0 Å². The molecule has 0 atom stereocenters. The SMILES string of the molecule is CCc1ccccc1OC(=O)c1c2ccccc2nc2ccccc12. The van der Waals surface area contributed by atoms with E-state index in [4.69, 9.17) is 4.74 Å². The number of rotatable bonds is 3. The minimum atomic E-state index is -0.351. The molecule has 3 nitrogen and oxygen atoms in total. The number of aromatic nitrogens is 1. The van der Waals surface area contributed by atoms with E-state index in [-0.39, 0.29) is 5.97 Å². The van der Waals surface area contributed by atoms with Gasteiger partial charge in [0.1, 0.15) is 5.75 Å². The molecule has 0 spiro atoms. The number of carbonyl (C=O) groups excluding carboxylic acids is 1. The van der Waals surface area contributed by atoms with Gasteiger partial charge in [0.2, 0.25) is 0 Å². The first-order chi connectivity index (χ1) is 12.3. The van der Waals surface area contributed by atoms with Crippen molar-refractivity contribution in [3.8, 4) is 5.75 Å². The van der Waals surface area contributed by atoms with Gasteiger partial charge in [-0.1, -0.05) is 61.5 Å². The Morgan fingerprint density at radius 2 is 1.40 bits per heavy atom. The molecule has 1 aromatic heterocycles. The van der Waals surface area contributed by atoms with Crippen molar-refractivity contribution in [2.24, 2.45) is 0 Å². The normalized spacial score (nSPS) is 10.9. The number of nitrogens with zero attached hydrogens (tertiary/aromatic N) is 1. The Bertz CT molecular complexity index is 1030. The third-order valence-electron chi connectivity index (χ3n) is 4.35. The maximum absolute atomic E-state index is 13.1. The highest BCUT2D eigenvalue weighted by Crippen LogP contribution is 2.28. The fraction of sp³-hybridized carbons (Fsp3) is 0.0909. The summed E-state index contributed by atoms with van der Waals surface area (Å²) in [4.78, 5) is 17.7. The van der Waals surface area contributed by atoms with Gasteiger partial charge in [-0.2, -0.15) is 0 Å². The van der Waals surface area contributed by atoms with Crippen molar-refractivity contribution in [1.29, 1.82) is 0 Å². The van der Waals surface area contributed by atoms with Gasteiger partial charge in [0.05, 0.1) is 16.6 Å². The predicted molar refractivity (Wildman–Crippen MR) is 100 cm³/mol. The number of hydrogen-bond donors (Lipinski definition) is 0. The van der Waals surface area contributed by atoms with E-state index in [1.165, 1.54) is 0 Å². The molecule has 122 valence electrons. The van der Waals surface area contributed by atoms with Crippen LogP contribution in [0.15, 0.2) is 72.8 Å². The van der Waals surface area contributed by atoms with Gasteiger partial charge in [0.15, 0.2) is 0 Å². The van der Waals surface area contributed by atoms with Crippen LogP contribution in [0.5, 0.6) is 5.75 Å². The van der Waals surface area contributed by atoms with Gasteiger partial charge in [-0.25, -0.2) is 9.78 Å². The average molecular weight is 327 g/mol. The molecule has 0 fully saturated rings. The molecule has 3 heteroatoms. The zero-order chi connectivity index (χ0) is 17.2. The van der Waals surface area contributed by atoms with Gasteiger partial charge in [0.25, 0.3) is 0 Å². The topological polar surface area (TPSA) is 39.2 Å². The van der Waals surface area contributed by atoms with Gasteiger partial charge in [0, 0.05) is 10.8 Å². The first-order valence-electron chi connectivity index (χ1n) is 8.35. The third kappa shape index (κ3) is 2.74. The van der Waals surface area contributed by atoms with Crippen LogP contribution in [0.3, 0.4) is 0 Å². The average Bonchev–Trinajstić information content (AvgIpc) is 2.66. The van der Waals surface area contributed by atoms with Crippen LogP contribution in [-0.2, 0) is 6.42 Å². The quantitative estimate of drug-likeness (QED) is 0.296. The summed E-state index contributed by atoms with van der Waals surface area (Å²) in [5, 5.41) is 1.61. The third-order valence-corrected chi connectivity index (χ3v) is 4.35. The second kappa shape index (κ2) is 6.36. The van der Waals surface area contributed by atoms with E-state index >= 15 is 0 Å². The number of aryl methyl sites for hydroxylation is 1. The number of benzene rings is 3. The monoisotopic (exact) mass is 327 g/mol. The molecule has 0 unspecified atom stereocenters. The van der Waals surface area contributed by atoms with Crippen molar-refractivity contribution in [2.75, 3.05) is 0 Å². The van der Waals surface area contributed by atoms with Crippen molar-refractivity contribution >= 4 is 27.8 Å². The number of pyridine rings is 1. The molecule has 0 radical (unpaired) electrons. The molecule has 1 heterocycles. The van der Waals surface area contributed by atoms with E-state index in [9.17, 15) is 4.79 Å². The summed E-state index contributed by atoms with van der Waals surface area (Å²) < 4.78 is 5.77. The fourth-order valence-corrected chi connectivity index (χ4v) is 3.11. The van der Waals surface area contributed by atoms with Crippen molar-refractivity contribution in [3.05, 3.63) is 83.9 Å². The zero-order valence-electron chi connectivity index (χ0n) is 13.9. The van der Waals surface area contributed by atoms with Crippen molar-refractivity contribution < 1.29 is 9.53 Å². The lowest BCUT2D eigenvalue weighted by molar-refractivity contribution is 0.0737. The maximum atomic E-state index is 13.1. The summed E-state index contributed by atoms with van der Waals surface area (Å²) in [5.41, 5.74) is 3.15. The number of carbonyl (C=O) groups is 1. The maximum Gasteiger partial charge on any atom is 0.344 e. The Morgan fingerprint density at radius 3 is 2.04 bits per heavy atom. The molecule has 3 aromatic carbocycles. The molecule has 0 aliphatic heterocycles. The standard InChI is InChI=1S/C22H17NO2/c1-2-15-9-3-8-14-20(15)25-22(24)21-16-10-4-6-12-18(16)23-19-13-7-5-11-17(19)21/h3-14H,2H2,1H3. The highest BCUT2D eigenvalue weighted by atomic mass is 16.5. The van der Waals surface area contributed by atoms with Crippen molar-refractivity contribution in [1.82, 2.24) is 4.98 Å². The summed E-state index contributed by atoms with van der Waals surface area (Å²) in [7, 11) is 0. The lowest BCUT2D eigenvalue weighted by atomic mass is 10.0. The molecule has 25 heavy (non-hydrogen) atoms. The smallest absolute Gasteiger partial charge is 0.344 e. The van der Waals surface area contributed by atoms with Crippen molar-refractivity contribution in [2.45, 2.75) is 13.3 Å². The molecule has 4 aromatic rings. The number of para-hydroxylation sites is 3. The summed E-state index contributed by atoms with van der Waals surface area (Å²) in [5.74, 6) is 0.260. The predicted octanol–water partition coefficient (Wildman–Crippen LogP) is 5.17. The van der Waals surface area contributed by atoms with E-state index < -0.39 is 0 Å². The Hall–Kier alpha value is -3.20. The minimum absolute atomic E-state index is 0.351. The molecular formula is C22H17NO2.